The Bertz CT molecular complexity index is 824. The molecule has 0 saturated heterocycles. The molecule has 3 rings (SSSR count). The molecule has 24 heavy (non-hydrogen) atoms. The highest BCUT2D eigenvalue weighted by Crippen LogP contribution is 2.17. The van der Waals surface area contributed by atoms with Crippen molar-refractivity contribution in [3.05, 3.63) is 71.6 Å². The van der Waals surface area contributed by atoms with E-state index in [-0.39, 0.29) is 6.03 Å². The maximum absolute atomic E-state index is 12.0. The van der Waals surface area contributed by atoms with E-state index in [1.165, 1.54) is 5.56 Å². The van der Waals surface area contributed by atoms with Crippen molar-refractivity contribution < 1.29 is 9.21 Å². The number of pyridine rings is 1. The van der Waals surface area contributed by atoms with Crippen molar-refractivity contribution in [3.63, 3.8) is 0 Å². The van der Waals surface area contributed by atoms with E-state index in [2.05, 4.69) is 15.6 Å². The molecule has 0 aliphatic heterocycles. The van der Waals surface area contributed by atoms with Gasteiger partial charge in [-0.25, -0.2) is 4.79 Å². The molecule has 0 spiro atoms. The highest BCUT2D eigenvalue weighted by atomic mass is 16.3. The Hall–Kier alpha value is -3.08. The van der Waals surface area contributed by atoms with Crippen molar-refractivity contribution in [2.24, 2.45) is 0 Å². The largest absolute Gasteiger partial charge is 0.463 e. The normalized spacial score (nSPS) is 10.4. The maximum Gasteiger partial charge on any atom is 0.319 e. The van der Waals surface area contributed by atoms with Crippen molar-refractivity contribution in [2.45, 2.75) is 20.4 Å². The number of rotatable bonds is 4. The predicted molar refractivity (Wildman–Crippen MR) is 93.7 cm³/mol. The lowest BCUT2D eigenvalue weighted by atomic mass is 10.1. The summed E-state index contributed by atoms with van der Waals surface area (Å²) in [6.07, 6.45) is 3.35. The molecule has 0 saturated carbocycles. The van der Waals surface area contributed by atoms with E-state index in [1.54, 1.807) is 12.5 Å². The molecule has 2 heterocycles. The molecule has 0 aliphatic rings. The van der Waals surface area contributed by atoms with Crippen LogP contribution in [0.1, 0.15) is 16.7 Å². The number of hydrogen-bond acceptors (Lipinski definition) is 3. The average Bonchev–Trinajstić information content (AvgIpc) is 3.11. The van der Waals surface area contributed by atoms with E-state index in [1.807, 2.05) is 56.3 Å². The van der Waals surface area contributed by atoms with Crippen LogP contribution in [0.15, 0.2) is 59.3 Å². The monoisotopic (exact) mass is 321 g/mol. The van der Waals surface area contributed by atoms with Gasteiger partial charge in [0.1, 0.15) is 5.69 Å². The number of carbonyl (C=O) groups excluding carboxylic acids is 1. The van der Waals surface area contributed by atoms with Crippen LogP contribution in [0.5, 0.6) is 0 Å². The molecule has 0 aliphatic carbocycles. The molecular weight excluding hydrogens is 302 g/mol. The molecule has 3 aromatic rings. The Morgan fingerprint density at radius 1 is 1.12 bits per heavy atom. The summed E-state index contributed by atoms with van der Waals surface area (Å²) < 4.78 is 5.30. The minimum absolute atomic E-state index is 0.242. The second-order valence-corrected chi connectivity index (χ2v) is 5.64. The van der Waals surface area contributed by atoms with Gasteiger partial charge in [0.15, 0.2) is 5.76 Å². The van der Waals surface area contributed by atoms with Crippen LogP contribution < -0.4 is 10.6 Å². The molecule has 0 fully saturated rings. The Morgan fingerprint density at radius 3 is 2.67 bits per heavy atom. The number of benzene rings is 1. The second-order valence-electron chi connectivity index (χ2n) is 5.64. The summed E-state index contributed by atoms with van der Waals surface area (Å²) in [5.41, 5.74) is 4.81. The van der Waals surface area contributed by atoms with Crippen molar-refractivity contribution in [1.82, 2.24) is 10.3 Å². The summed E-state index contributed by atoms with van der Waals surface area (Å²) in [5, 5.41) is 5.65. The third-order valence-electron chi connectivity index (χ3n) is 3.82. The Labute approximate surface area is 140 Å². The highest BCUT2D eigenvalue weighted by Gasteiger charge is 2.05. The Balaban J connectivity index is 1.55. The summed E-state index contributed by atoms with van der Waals surface area (Å²) in [4.78, 5) is 16.3. The lowest BCUT2D eigenvalue weighted by Gasteiger charge is -2.09. The van der Waals surface area contributed by atoms with Crippen LogP contribution in [0.3, 0.4) is 0 Å². The smallest absolute Gasteiger partial charge is 0.319 e. The molecule has 0 atom stereocenters. The quantitative estimate of drug-likeness (QED) is 0.753. The number of aryl methyl sites for hydroxylation is 2. The van der Waals surface area contributed by atoms with Crippen molar-refractivity contribution in [1.29, 1.82) is 0 Å². The summed E-state index contributed by atoms with van der Waals surface area (Å²) in [5.74, 6) is 0.724. The van der Waals surface area contributed by atoms with Crippen LogP contribution in [-0.4, -0.2) is 11.0 Å². The van der Waals surface area contributed by atoms with Gasteiger partial charge < -0.3 is 15.1 Å². The van der Waals surface area contributed by atoms with Gasteiger partial charge in [0, 0.05) is 18.4 Å². The van der Waals surface area contributed by atoms with Gasteiger partial charge in [-0.1, -0.05) is 12.1 Å². The van der Waals surface area contributed by atoms with Gasteiger partial charge in [-0.2, -0.15) is 0 Å². The number of hydrogen-bond donors (Lipinski definition) is 2. The fraction of sp³-hybridized carbons (Fsp3) is 0.158. The average molecular weight is 321 g/mol. The fourth-order valence-electron chi connectivity index (χ4n) is 2.28. The van der Waals surface area contributed by atoms with Crippen LogP contribution in [0, 0.1) is 13.8 Å². The first kappa shape index (κ1) is 15.8. The van der Waals surface area contributed by atoms with Crippen LogP contribution in [0.2, 0.25) is 0 Å². The van der Waals surface area contributed by atoms with Crippen molar-refractivity contribution in [3.8, 4) is 11.5 Å². The number of nitrogens with one attached hydrogen (secondary N) is 2. The first-order valence-electron chi connectivity index (χ1n) is 7.73. The summed E-state index contributed by atoms with van der Waals surface area (Å²) in [6, 6.07) is 13.1. The van der Waals surface area contributed by atoms with E-state index in [0.717, 1.165) is 28.3 Å². The zero-order valence-electron chi connectivity index (χ0n) is 13.7. The van der Waals surface area contributed by atoms with Gasteiger partial charge in [0.05, 0.1) is 6.26 Å². The summed E-state index contributed by atoms with van der Waals surface area (Å²) in [7, 11) is 0. The number of amides is 2. The van der Waals surface area contributed by atoms with Crippen LogP contribution in [-0.2, 0) is 6.54 Å². The molecule has 1 aromatic carbocycles. The molecular formula is C19H19N3O2. The van der Waals surface area contributed by atoms with Crippen molar-refractivity contribution >= 4 is 11.7 Å². The Kier molecular flexibility index (Phi) is 4.61. The SMILES string of the molecule is Cc1ccc(NC(=O)NCc2ccc(-c3ccco3)nc2)cc1C. The molecule has 122 valence electrons. The number of urea groups is 1. The van der Waals surface area contributed by atoms with Gasteiger partial charge in [0.2, 0.25) is 0 Å². The van der Waals surface area contributed by atoms with E-state index in [9.17, 15) is 4.79 Å². The molecule has 0 radical (unpaired) electrons. The van der Waals surface area contributed by atoms with Crippen molar-refractivity contribution in [2.75, 3.05) is 5.32 Å². The summed E-state index contributed by atoms with van der Waals surface area (Å²) in [6.45, 7) is 4.46. The Morgan fingerprint density at radius 2 is 2.00 bits per heavy atom. The number of aromatic nitrogens is 1. The molecule has 0 unspecified atom stereocenters. The number of carbonyl (C=O) groups is 1. The minimum atomic E-state index is -0.242. The number of nitrogens with zero attached hydrogens (tertiary/aromatic N) is 1. The van der Waals surface area contributed by atoms with E-state index < -0.39 is 0 Å². The van der Waals surface area contributed by atoms with E-state index in [0.29, 0.717) is 6.54 Å². The van der Waals surface area contributed by atoms with E-state index in [4.69, 9.17) is 4.42 Å². The topological polar surface area (TPSA) is 67.2 Å². The maximum atomic E-state index is 12.0. The summed E-state index contributed by atoms with van der Waals surface area (Å²) >= 11 is 0. The standard InChI is InChI=1S/C19H19N3O2/c1-13-5-7-16(10-14(13)2)22-19(23)21-12-15-6-8-17(20-11-15)18-4-3-9-24-18/h3-11H,12H2,1-2H3,(H2,21,22,23). The van der Waals surface area contributed by atoms with Gasteiger partial charge in [-0.3, -0.25) is 4.98 Å². The van der Waals surface area contributed by atoms with Gasteiger partial charge in [0.25, 0.3) is 0 Å². The number of anilines is 1. The second kappa shape index (κ2) is 7.00. The molecule has 2 N–H and O–H groups in total. The zero-order valence-corrected chi connectivity index (χ0v) is 13.7. The van der Waals surface area contributed by atoms with Crippen LogP contribution >= 0.6 is 0 Å². The predicted octanol–water partition coefficient (Wildman–Crippen LogP) is 4.28. The molecule has 0 bridgehead atoms. The first-order valence-corrected chi connectivity index (χ1v) is 7.73. The minimum Gasteiger partial charge on any atom is -0.463 e. The van der Waals surface area contributed by atoms with Gasteiger partial charge >= 0.3 is 6.03 Å². The lowest BCUT2D eigenvalue weighted by molar-refractivity contribution is 0.251. The first-order chi connectivity index (χ1) is 11.6. The molecule has 2 aromatic heterocycles. The molecule has 5 nitrogen and oxygen atoms in total. The zero-order chi connectivity index (χ0) is 16.9. The van der Waals surface area contributed by atoms with Gasteiger partial charge in [-0.05, 0) is 60.9 Å². The lowest BCUT2D eigenvalue weighted by Crippen LogP contribution is -2.28. The highest BCUT2D eigenvalue weighted by molar-refractivity contribution is 5.89. The molecule has 5 heteroatoms. The van der Waals surface area contributed by atoms with E-state index >= 15 is 0 Å². The fourth-order valence-corrected chi connectivity index (χ4v) is 2.28. The third kappa shape index (κ3) is 3.81. The number of furan rings is 1. The third-order valence-corrected chi connectivity index (χ3v) is 3.82. The van der Waals surface area contributed by atoms with Crippen LogP contribution in [0.4, 0.5) is 10.5 Å². The molecule has 2 amide bonds. The van der Waals surface area contributed by atoms with Crippen LogP contribution in [0.25, 0.3) is 11.5 Å². The van der Waals surface area contributed by atoms with Gasteiger partial charge in [-0.15, -0.1) is 0 Å².